The molecule has 2 heterocycles. The minimum absolute atomic E-state index is 0.0267. The Morgan fingerprint density at radius 2 is 1.95 bits per heavy atom. The molecule has 2 aromatic rings. The summed E-state index contributed by atoms with van der Waals surface area (Å²) >= 11 is 0. The topological polar surface area (TPSA) is 83.3 Å². The van der Waals surface area contributed by atoms with E-state index in [1.807, 2.05) is 0 Å². The molecule has 0 aliphatic heterocycles. The molecule has 22 heavy (non-hydrogen) atoms. The van der Waals surface area contributed by atoms with Gasteiger partial charge in [0.2, 0.25) is 18.5 Å². The zero-order valence-corrected chi connectivity index (χ0v) is 12.8. The molecule has 2 rings (SSSR count). The number of Topliss-reactive ketones (excluding diaryl/α,β-unsaturated/α-hetero) is 1. The third-order valence-corrected chi connectivity index (χ3v) is 3.30. The lowest BCUT2D eigenvalue weighted by Gasteiger charge is -2.04. The van der Waals surface area contributed by atoms with Crippen molar-refractivity contribution in [3.8, 4) is 5.75 Å². The van der Waals surface area contributed by atoms with E-state index in [4.69, 9.17) is 4.74 Å². The van der Waals surface area contributed by atoms with Gasteiger partial charge in [-0.2, -0.15) is 4.57 Å². The second-order valence-electron chi connectivity index (χ2n) is 5.00. The molecular formula is C16H19N2O4+. The molecule has 0 unspecified atom stereocenters. The molecule has 2 aromatic heterocycles. The fourth-order valence-electron chi connectivity index (χ4n) is 2.44. The summed E-state index contributed by atoms with van der Waals surface area (Å²) in [5, 5.41) is 9.46. The summed E-state index contributed by atoms with van der Waals surface area (Å²) in [4.78, 5) is 27.6. The third kappa shape index (κ3) is 3.16. The van der Waals surface area contributed by atoms with Crippen molar-refractivity contribution in [3.63, 3.8) is 0 Å². The SMILES string of the molecule is CCOC(=O)c1c(C)[nH]c(C)c1C(=O)C[n+]1cccc(O)c1. The predicted molar refractivity (Wildman–Crippen MR) is 78.9 cm³/mol. The van der Waals surface area contributed by atoms with Crippen LogP contribution in [-0.2, 0) is 11.3 Å². The molecule has 0 amide bonds. The fourth-order valence-corrected chi connectivity index (χ4v) is 2.44. The first kappa shape index (κ1) is 15.8. The molecule has 0 atom stereocenters. The van der Waals surface area contributed by atoms with Gasteiger partial charge in [-0.15, -0.1) is 0 Å². The third-order valence-electron chi connectivity index (χ3n) is 3.30. The Morgan fingerprint density at radius 3 is 2.59 bits per heavy atom. The van der Waals surface area contributed by atoms with Gasteiger partial charge in [0.05, 0.1) is 17.7 Å². The highest BCUT2D eigenvalue weighted by molar-refractivity contribution is 6.07. The van der Waals surface area contributed by atoms with Gasteiger partial charge >= 0.3 is 5.97 Å². The normalized spacial score (nSPS) is 10.5. The van der Waals surface area contributed by atoms with Gasteiger partial charge in [0.25, 0.3) is 0 Å². The van der Waals surface area contributed by atoms with E-state index in [0.29, 0.717) is 17.0 Å². The summed E-state index contributed by atoms with van der Waals surface area (Å²) in [7, 11) is 0. The number of pyridine rings is 1. The Hall–Kier alpha value is -2.63. The Labute approximate surface area is 128 Å². The standard InChI is InChI=1S/C16H18N2O4/c1-4-22-16(21)15-11(3)17-10(2)14(15)13(20)9-18-7-5-6-12(19)8-18/h5-8H,4,9H2,1-3H3,(H-,17,19,20,21)/p+1. The van der Waals surface area contributed by atoms with Gasteiger partial charge in [-0.3, -0.25) is 4.79 Å². The number of aryl methyl sites for hydroxylation is 2. The fraction of sp³-hybridized carbons (Fsp3) is 0.312. The van der Waals surface area contributed by atoms with E-state index in [1.165, 1.54) is 12.3 Å². The Kier molecular flexibility index (Phi) is 4.60. The maximum Gasteiger partial charge on any atom is 0.340 e. The van der Waals surface area contributed by atoms with E-state index in [-0.39, 0.29) is 30.2 Å². The predicted octanol–water partition coefficient (Wildman–Crippen LogP) is 1.68. The summed E-state index contributed by atoms with van der Waals surface area (Å²) in [5.74, 6) is -0.656. The highest BCUT2D eigenvalue weighted by atomic mass is 16.5. The van der Waals surface area contributed by atoms with Crippen LogP contribution in [-0.4, -0.2) is 28.4 Å². The van der Waals surface area contributed by atoms with Crippen LogP contribution in [0.2, 0.25) is 0 Å². The van der Waals surface area contributed by atoms with Crippen molar-refractivity contribution in [2.45, 2.75) is 27.3 Å². The summed E-state index contributed by atoms with van der Waals surface area (Å²) in [6, 6.07) is 3.17. The average molecular weight is 303 g/mol. The minimum Gasteiger partial charge on any atom is -0.503 e. The van der Waals surface area contributed by atoms with Gasteiger partial charge in [-0.25, -0.2) is 4.79 Å². The molecular weight excluding hydrogens is 284 g/mol. The van der Waals surface area contributed by atoms with E-state index in [9.17, 15) is 14.7 Å². The average Bonchev–Trinajstić information content (AvgIpc) is 2.73. The number of aromatic hydroxyl groups is 1. The van der Waals surface area contributed by atoms with Gasteiger partial charge in [-0.05, 0) is 26.8 Å². The van der Waals surface area contributed by atoms with Crippen LogP contribution in [0.1, 0.15) is 39.0 Å². The van der Waals surface area contributed by atoms with Crippen LogP contribution in [0.15, 0.2) is 24.5 Å². The zero-order chi connectivity index (χ0) is 16.3. The van der Waals surface area contributed by atoms with Crippen LogP contribution in [0.5, 0.6) is 5.75 Å². The molecule has 6 heteroatoms. The molecule has 0 saturated carbocycles. The number of carbonyl (C=O) groups excluding carboxylic acids is 2. The van der Waals surface area contributed by atoms with E-state index >= 15 is 0 Å². The van der Waals surface area contributed by atoms with Crippen molar-refractivity contribution < 1.29 is 24.0 Å². The minimum atomic E-state index is -0.506. The van der Waals surface area contributed by atoms with Crippen LogP contribution in [0, 0.1) is 13.8 Å². The number of nitrogens with one attached hydrogen (secondary N) is 1. The molecule has 0 aliphatic carbocycles. The number of ether oxygens (including phenoxy) is 1. The Morgan fingerprint density at radius 1 is 1.27 bits per heavy atom. The summed E-state index contributed by atoms with van der Waals surface area (Å²) < 4.78 is 6.59. The van der Waals surface area contributed by atoms with E-state index < -0.39 is 5.97 Å². The number of H-pyrrole nitrogens is 1. The first-order chi connectivity index (χ1) is 10.4. The lowest BCUT2D eigenvalue weighted by Crippen LogP contribution is -2.37. The van der Waals surface area contributed by atoms with Crippen molar-refractivity contribution in [2.24, 2.45) is 0 Å². The number of carbonyl (C=O) groups is 2. The molecule has 0 saturated heterocycles. The molecule has 2 N–H and O–H groups in total. The Bertz CT molecular complexity index is 719. The number of aromatic nitrogens is 2. The number of nitrogens with zero attached hydrogens (tertiary/aromatic N) is 1. The lowest BCUT2D eigenvalue weighted by molar-refractivity contribution is -0.683. The van der Waals surface area contributed by atoms with E-state index in [2.05, 4.69) is 4.98 Å². The quantitative estimate of drug-likeness (QED) is 0.500. The highest BCUT2D eigenvalue weighted by Gasteiger charge is 2.27. The molecule has 0 fully saturated rings. The van der Waals surface area contributed by atoms with Crippen molar-refractivity contribution >= 4 is 11.8 Å². The Balaban J connectivity index is 2.35. The number of rotatable bonds is 5. The molecule has 116 valence electrons. The van der Waals surface area contributed by atoms with Crippen LogP contribution < -0.4 is 4.57 Å². The number of hydrogen-bond donors (Lipinski definition) is 2. The number of aromatic amines is 1. The van der Waals surface area contributed by atoms with Crippen LogP contribution in [0.25, 0.3) is 0 Å². The van der Waals surface area contributed by atoms with Gasteiger partial charge in [0.15, 0.2) is 11.9 Å². The smallest absolute Gasteiger partial charge is 0.340 e. The summed E-state index contributed by atoms with van der Waals surface area (Å²) in [6.07, 6.45) is 3.13. The van der Waals surface area contributed by atoms with Crippen molar-refractivity contribution in [3.05, 3.63) is 47.0 Å². The summed E-state index contributed by atoms with van der Waals surface area (Å²) in [5.41, 5.74) is 1.86. The highest BCUT2D eigenvalue weighted by Crippen LogP contribution is 2.20. The lowest BCUT2D eigenvalue weighted by atomic mass is 10.0. The van der Waals surface area contributed by atoms with Crippen LogP contribution >= 0.6 is 0 Å². The second kappa shape index (κ2) is 6.43. The molecule has 6 nitrogen and oxygen atoms in total. The molecule has 0 aliphatic rings. The number of ketones is 1. The molecule has 0 radical (unpaired) electrons. The van der Waals surface area contributed by atoms with Gasteiger partial charge in [0.1, 0.15) is 0 Å². The molecule has 0 aromatic carbocycles. The van der Waals surface area contributed by atoms with E-state index in [1.54, 1.807) is 37.6 Å². The monoisotopic (exact) mass is 303 g/mol. The van der Waals surface area contributed by atoms with Crippen LogP contribution in [0.3, 0.4) is 0 Å². The van der Waals surface area contributed by atoms with Gasteiger partial charge in [-0.1, -0.05) is 0 Å². The number of esters is 1. The van der Waals surface area contributed by atoms with Crippen molar-refractivity contribution in [2.75, 3.05) is 6.61 Å². The van der Waals surface area contributed by atoms with E-state index in [0.717, 1.165) is 0 Å². The maximum absolute atomic E-state index is 12.6. The van der Waals surface area contributed by atoms with Crippen molar-refractivity contribution in [1.29, 1.82) is 0 Å². The van der Waals surface area contributed by atoms with Crippen molar-refractivity contribution in [1.82, 2.24) is 4.98 Å². The second-order valence-corrected chi connectivity index (χ2v) is 5.00. The van der Waals surface area contributed by atoms with Crippen LogP contribution in [0.4, 0.5) is 0 Å². The van der Waals surface area contributed by atoms with Gasteiger partial charge < -0.3 is 14.8 Å². The largest absolute Gasteiger partial charge is 0.503 e. The summed E-state index contributed by atoms with van der Waals surface area (Å²) in [6.45, 7) is 5.47. The maximum atomic E-state index is 12.6. The first-order valence-electron chi connectivity index (χ1n) is 7.01. The zero-order valence-electron chi connectivity index (χ0n) is 12.8. The molecule has 0 bridgehead atoms. The van der Waals surface area contributed by atoms with Gasteiger partial charge in [0, 0.05) is 17.5 Å². The first-order valence-corrected chi connectivity index (χ1v) is 7.01. The number of hydrogen-bond acceptors (Lipinski definition) is 4. The molecule has 0 spiro atoms.